The van der Waals surface area contributed by atoms with E-state index in [0.29, 0.717) is 37.2 Å². The molecule has 7 nitrogen and oxygen atoms in total. The van der Waals surface area contributed by atoms with Crippen molar-refractivity contribution in [3.8, 4) is 5.75 Å². The Hall–Kier alpha value is -3.35. The summed E-state index contributed by atoms with van der Waals surface area (Å²) >= 11 is 0. The first-order valence-electron chi connectivity index (χ1n) is 10.1. The fourth-order valence-corrected chi connectivity index (χ4v) is 4.26. The maximum absolute atomic E-state index is 13.0. The number of nitrogens with zero attached hydrogens (tertiary/aromatic N) is 2. The molecule has 1 fully saturated rings. The number of fused-ring (bicyclic) bond motifs is 1. The van der Waals surface area contributed by atoms with Gasteiger partial charge >= 0.3 is 5.97 Å². The number of carboxylic acids is 1. The molecule has 2 aromatic carbocycles. The minimum Gasteiger partial charge on any atom is -0.497 e. The Bertz CT molecular complexity index is 1010. The Labute approximate surface area is 174 Å². The number of aromatic amines is 1. The van der Waals surface area contributed by atoms with Crippen LogP contribution in [0.25, 0.3) is 11.0 Å². The highest BCUT2D eigenvalue weighted by Crippen LogP contribution is 2.30. The number of imidazole rings is 1. The van der Waals surface area contributed by atoms with Gasteiger partial charge in [-0.2, -0.15) is 0 Å². The van der Waals surface area contributed by atoms with Crippen LogP contribution in [-0.4, -0.2) is 52.1 Å². The van der Waals surface area contributed by atoms with Gasteiger partial charge in [0.15, 0.2) is 0 Å². The van der Waals surface area contributed by atoms with Crippen molar-refractivity contribution in [1.29, 1.82) is 0 Å². The van der Waals surface area contributed by atoms with Crippen LogP contribution in [0.5, 0.6) is 5.75 Å². The molecule has 0 radical (unpaired) electrons. The van der Waals surface area contributed by atoms with Crippen LogP contribution >= 0.6 is 0 Å². The number of nitrogens with one attached hydrogen (secondary N) is 1. The molecule has 2 atom stereocenters. The number of para-hydroxylation sites is 2. The molecule has 3 aromatic rings. The Balaban J connectivity index is 1.52. The van der Waals surface area contributed by atoms with E-state index in [0.717, 1.165) is 16.9 Å². The van der Waals surface area contributed by atoms with E-state index in [4.69, 9.17) is 4.74 Å². The molecule has 2 heterocycles. The monoisotopic (exact) mass is 407 g/mol. The van der Waals surface area contributed by atoms with E-state index in [2.05, 4.69) is 9.97 Å². The third-order valence-corrected chi connectivity index (χ3v) is 5.85. The molecule has 0 aliphatic carbocycles. The lowest BCUT2D eigenvalue weighted by Gasteiger charge is -2.38. The first-order chi connectivity index (χ1) is 14.5. The van der Waals surface area contributed by atoms with Crippen LogP contribution in [-0.2, 0) is 11.2 Å². The lowest BCUT2D eigenvalue weighted by molar-refractivity contribution is -0.139. The lowest BCUT2D eigenvalue weighted by Crippen LogP contribution is -2.45. The smallest absolute Gasteiger partial charge is 0.303 e. The van der Waals surface area contributed by atoms with Gasteiger partial charge in [0.25, 0.3) is 5.91 Å². The van der Waals surface area contributed by atoms with Crippen molar-refractivity contribution in [3.05, 3.63) is 59.9 Å². The molecule has 0 spiro atoms. The summed E-state index contributed by atoms with van der Waals surface area (Å²) in [5.74, 6) is 0.726. The Morgan fingerprint density at radius 1 is 1.17 bits per heavy atom. The minimum atomic E-state index is -0.801. The molecule has 7 heteroatoms. The molecule has 2 N–H and O–H groups in total. The van der Waals surface area contributed by atoms with E-state index >= 15 is 0 Å². The number of methoxy groups -OCH3 is 1. The van der Waals surface area contributed by atoms with Crippen molar-refractivity contribution in [2.24, 2.45) is 11.8 Å². The SMILES string of the molecule is COc1ccc(C(=O)N2CC[C@@H](CC(=O)O)[C@@H](Cc3nc4ccccc4[nH]3)C2)cc1. The molecule has 1 aromatic heterocycles. The fourth-order valence-electron chi connectivity index (χ4n) is 4.26. The van der Waals surface area contributed by atoms with Crippen molar-refractivity contribution in [3.63, 3.8) is 0 Å². The topological polar surface area (TPSA) is 95.5 Å². The fraction of sp³-hybridized carbons (Fsp3) is 0.348. The normalized spacial score (nSPS) is 19.0. The van der Waals surface area contributed by atoms with Crippen LogP contribution in [0.1, 0.15) is 29.0 Å². The number of hydrogen-bond acceptors (Lipinski definition) is 4. The second kappa shape index (κ2) is 8.57. The van der Waals surface area contributed by atoms with E-state index < -0.39 is 5.97 Å². The van der Waals surface area contributed by atoms with E-state index in [1.54, 1.807) is 31.4 Å². The predicted octanol–water partition coefficient (Wildman–Crippen LogP) is 3.37. The van der Waals surface area contributed by atoms with Crippen molar-refractivity contribution >= 4 is 22.9 Å². The third kappa shape index (κ3) is 4.30. The summed E-state index contributed by atoms with van der Waals surface area (Å²) in [6.07, 6.45) is 1.38. The van der Waals surface area contributed by atoms with E-state index in [1.807, 2.05) is 29.2 Å². The molecule has 0 bridgehead atoms. The zero-order chi connectivity index (χ0) is 21.1. The maximum Gasteiger partial charge on any atom is 0.303 e. The van der Waals surface area contributed by atoms with Gasteiger partial charge in [-0.15, -0.1) is 0 Å². The summed E-state index contributed by atoms with van der Waals surface area (Å²) in [6, 6.07) is 14.9. The van der Waals surface area contributed by atoms with Crippen LogP contribution in [0, 0.1) is 11.8 Å². The maximum atomic E-state index is 13.0. The first kappa shape index (κ1) is 19.9. The van der Waals surface area contributed by atoms with Gasteiger partial charge in [0.1, 0.15) is 11.6 Å². The van der Waals surface area contributed by atoms with Gasteiger partial charge in [-0.25, -0.2) is 4.98 Å². The van der Waals surface area contributed by atoms with Crippen LogP contribution < -0.4 is 4.74 Å². The van der Waals surface area contributed by atoms with Crippen LogP contribution in [0.3, 0.4) is 0 Å². The molecular weight excluding hydrogens is 382 g/mol. The van der Waals surface area contributed by atoms with Crippen molar-refractivity contribution in [2.75, 3.05) is 20.2 Å². The number of carboxylic acid groups (broad SMARTS) is 1. The largest absolute Gasteiger partial charge is 0.497 e. The van der Waals surface area contributed by atoms with Gasteiger partial charge in [-0.05, 0) is 54.7 Å². The van der Waals surface area contributed by atoms with Crippen LogP contribution in [0.2, 0.25) is 0 Å². The Morgan fingerprint density at radius 3 is 2.63 bits per heavy atom. The summed E-state index contributed by atoms with van der Waals surface area (Å²) < 4.78 is 5.16. The number of carbonyl (C=O) groups is 2. The summed E-state index contributed by atoms with van der Waals surface area (Å²) in [5.41, 5.74) is 2.46. The molecule has 1 saturated heterocycles. The average molecular weight is 407 g/mol. The van der Waals surface area contributed by atoms with Crippen LogP contribution in [0.4, 0.5) is 0 Å². The van der Waals surface area contributed by atoms with E-state index in [1.165, 1.54) is 0 Å². The number of aliphatic carboxylic acids is 1. The second-order valence-corrected chi connectivity index (χ2v) is 7.79. The standard InChI is InChI=1S/C23H25N3O4/c1-30-18-8-6-15(7-9-18)23(29)26-11-10-16(13-22(27)28)17(14-26)12-21-24-19-4-2-3-5-20(19)25-21/h2-9,16-17H,10-14H2,1H3,(H,24,25)(H,27,28)/t16-,17-/m0/s1. The van der Waals surface area contributed by atoms with Gasteiger partial charge in [0, 0.05) is 31.5 Å². The van der Waals surface area contributed by atoms with Gasteiger partial charge in [0.05, 0.1) is 18.1 Å². The number of rotatable bonds is 6. The molecule has 1 amide bonds. The van der Waals surface area contributed by atoms with Crippen LogP contribution in [0.15, 0.2) is 48.5 Å². The second-order valence-electron chi connectivity index (χ2n) is 7.79. The van der Waals surface area contributed by atoms with Gasteiger partial charge < -0.3 is 19.7 Å². The number of hydrogen-bond donors (Lipinski definition) is 2. The molecule has 1 aliphatic heterocycles. The number of carbonyl (C=O) groups excluding carboxylic acids is 1. The number of amides is 1. The van der Waals surface area contributed by atoms with Crippen molar-refractivity contribution in [1.82, 2.24) is 14.9 Å². The molecule has 0 unspecified atom stereocenters. The van der Waals surface area contributed by atoms with E-state index in [9.17, 15) is 14.7 Å². The average Bonchev–Trinajstić information content (AvgIpc) is 3.16. The molecule has 0 saturated carbocycles. The van der Waals surface area contributed by atoms with E-state index in [-0.39, 0.29) is 24.2 Å². The highest BCUT2D eigenvalue weighted by atomic mass is 16.5. The van der Waals surface area contributed by atoms with Gasteiger partial charge in [-0.1, -0.05) is 12.1 Å². The van der Waals surface area contributed by atoms with Crippen molar-refractivity contribution in [2.45, 2.75) is 19.3 Å². The molecule has 4 rings (SSSR count). The number of ether oxygens (including phenoxy) is 1. The highest BCUT2D eigenvalue weighted by molar-refractivity contribution is 5.94. The number of likely N-dealkylation sites (tertiary alicyclic amines) is 1. The van der Waals surface area contributed by atoms with Crippen molar-refractivity contribution < 1.29 is 19.4 Å². The predicted molar refractivity (Wildman–Crippen MR) is 113 cm³/mol. The number of H-pyrrole nitrogens is 1. The van der Waals surface area contributed by atoms with Gasteiger partial charge in [-0.3, -0.25) is 9.59 Å². The summed E-state index contributed by atoms with van der Waals surface area (Å²) in [6.45, 7) is 1.07. The molecule has 156 valence electrons. The molecular formula is C23H25N3O4. The quantitative estimate of drug-likeness (QED) is 0.653. The zero-order valence-corrected chi connectivity index (χ0v) is 16.9. The number of aromatic nitrogens is 2. The third-order valence-electron chi connectivity index (χ3n) is 5.85. The molecule has 1 aliphatic rings. The lowest BCUT2D eigenvalue weighted by atomic mass is 9.81. The first-order valence-corrected chi connectivity index (χ1v) is 10.1. The summed E-state index contributed by atoms with van der Waals surface area (Å²) in [7, 11) is 1.59. The minimum absolute atomic E-state index is 0.00984. The number of benzene rings is 2. The summed E-state index contributed by atoms with van der Waals surface area (Å²) in [4.78, 5) is 34.2. The molecule has 30 heavy (non-hydrogen) atoms. The van der Waals surface area contributed by atoms with Gasteiger partial charge in [0.2, 0.25) is 0 Å². The Morgan fingerprint density at radius 2 is 1.93 bits per heavy atom. The Kier molecular flexibility index (Phi) is 5.70. The summed E-state index contributed by atoms with van der Waals surface area (Å²) in [5, 5.41) is 9.35. The number of piperidine rings is 1. The highest BCUT2D eigenvalue weighted by Gasteiger charge is 2.33. The zero-order valence-electron chi connectivity index (χ0n) is 16.9.